The lowest BCUT2D eigenvalue weighted by atomic mass is 9.52. The molecule has 4 saturated carbocycles. The molecule has 4 bridgehead atoms. The minimum atomic E-state index is -0.959. The maximum Gasteiger partial charge on any atom is 0.263 e. The molecule has 25 heavy (non-hydrogen) atoms. The summed E-state index contributed by atoms with van der Waals surface area (Å²) in [5, 5.41) is 14.6. The standard InChI is InChI=1S/C20H26ClNO3/c1-19(2,25-16-5-3-15(21)4-6-16)18(23)22-17-13-7-12-8-14(17)11-20(24,9-12)10-13/h3-6,12-14,17,24H,7-11H2,1-2H3,(H,22,23). The Labute approximate surface area is 153 Å². The molecule has 0 heterocycles. The number of carbonyl (C=O) groups is 1. The van der Waals surface area contributed by atoms with E-state index in [2.05, 4.69) is 5.32 Å². The maximum absolute atomic E-state index is 12.9. The van der Waals surface area contributed by atoms with Gasteiger partial charge in [0.25, 0.3) is 5.91 Å². The van der Waals surface area contributed by atoms with Crippen molar-refractivity contribution in [2.75, 3.05) is 0 Å². The summed E-state index contributed by atoms with van der Waals surface area (Å²) in [5.74, 6) is 1.96. The van der Waals surface area contributed by atoms with Crippen molar-refractivity contribution >= 4 is 17.5 Å². The average Bonchev–Trinajstić information content (AvgIpc) is 2.51. The first-order valence-electron chi connectivity index (χ1n) is 9.22. The first-order valence-corrected chi connectivity index (χ1v) is 9.60. The van der Waals surface area contributed by atoms with Gasteiger partial charge in [0.1, 0.15) is 5.75 Å². The number of ether oxygens (including phenoxy) is 1. The van der Waals surface area contributed by atoms with Gasteiger partial charge in [-0.1, -0.05) is 11.6 Å². The van der Waals surface area contributed by atoms with E-state index in [0.717, 1.165) is 32.1 Å². The summed E-state index contributed by atoms with van der Waals surface area (Å²) in [6.45, 7) is 3.58. The fraction of sp³-hybridized carbons (Fsp3) is 0.650. The van der Waals surface area contributed by atoms with Crippen LogP contribution < -0.4 is 10.1 Å². The van der Waals surface area contributed by atoms with Crippen molar-refractivity contribution in [1.29, 1.82) is 0 Å². The van der Waals surface area contributed by atoms with E-state index in [1.165, 1.54) is 0 Å². The molecular weight excluding hydrogens is 338 g/mol. The minimum Gasteiger partial charge on any atom is -0.478 e. The van der Waals surface area contributed by atoms with Gasteiger partial charge in [0.15, 0.2) is 5.60 Å². The van der Waals surface area contributed by atoms with Crippen LogP contribution in [0.25, 0.3) is 0 Å². The van der Waals surface area contributed by atoms with Crippen LogP contribution in [0, 0.1) is 17.8 Å². The fourth-order valence-corrected chi connectivity index (χ4v) is 5.51. The van der Waals surface area contributed by atoms with E-state index in [1.54, 1.807) is 38.1 Å². The summed E-state index contributed by atoms with van der Waals surface area (Å²) in [6.07, 6.45) is 4.85. The molecule has 1 amide bonds. The highest BCUT2D eigenvalue weighted by molar-refractivity contribution is 6.30. The summed E-state index contributed by atoms with van der Waals surface area (Å²) >= 11 is 5.90. The normalized spacial score (nSPS) is 36.3. The number of rotatable bonds is 4. The monoisotopic (exact) mass is 363 g/mol. The Balaban J connectivity index is 1.43. The number of carbonyl (C=O) groups excluding carboxylic acids is 1. The van der Waals surface area contributed by atoms with Crippen LogP contribution in [0.4, 0.5) is 0 Å². The van der Waals surface area contributed by atoms with E-state index in [9.17, 15) is 9.90 Å². The molecule has 0 aliphatic heterocycles. The average molecular weight is 364 g/mol. The molecule has 5 rings (SSSR count). The molecule has 0 saturated heterocycles. The third-order valence-electron chi connectivity index (χ3n) is 6.27. The number of nitrogens with one attached hydrogen (secondary N) is 1. The molecule has 2 unspecified atom stereocenters. The second-order valence-corrected chi connectivity index (χ2v) is 9.20. The Bertz CT molecular complexity index is 656. The zero-order chi connectivity index (χ0) is 17.8. The summed E-state index contributed by atoms with van der Waals surface area (Å²) in [6, 6.07) is 7.22. The molecule has 4 nitrogen and oxygen atoms in total. The Morgan fingerprint density at radius 2 is 1.80 bits per heavy atom. The van der Waals surface area contributed by atoms with Crippen LogP contribution in [0.1, 0.15) is 46.0 Å². The number of hydrogen-bond acceptors (Lipinski definition) is 3. The smallest absolute Gasteiger partial charge is 0.263 e. The lowest BCUT2D eigenvalue weighted by molar-refractivity contribution is -0.152. The molecule has 1 aromatic rings. The van der Waals surface area contributed by atoms with Crippen LogP contribution in [-0.2, 0) is 4.79 Å². The first kappa shape index (κ1) is 17.2. The van der Waals surface area contributed by atoms with E-state index in [-0.39, 0.29) is 11.9 Å². The SMILES string of the molecule is CC(C)(Oc1ccc(Cl)cc1)C(=O)NC1C2CC3CC1CC(O)(C3)C2. The fourth-order valence-electron chi connectivity index (χ4n) is 5.39. The Morgan fingerprint density at radius 3 is 2.36 bits per heavy atom. The lowest BCUT2D eigenvalue weighted by Gasteiger charge is -2.58. The van der Waals surface area contributed by atoms with Gasteiger partial charge in [-0.2, -0.15) is 0 Å². The summed E-state index contributed by atoms with van der Waals surface area (Å²) in [7, 11) is 0. The Morgan fingerprint density at radius 1 is 1.20 bits per heavy atom. The molecule has 136 valence electrons. The lowest BCUT2D eigenvalue weighted by Crippen LogP contribution is -2.63. The van der Waals surface area contributed by atoms with Crippen molar-refractivity contribution in [2.45, 2.75) is 63.2 Å². The largest absolute Gasteiger partial charge is 0.478 e. The molecule has 1 aromatic carbocycles. The molecule has 5 heteroatoms. The zero-order valence-corrected chi connectivity index (χ0v) is 15.6. The van der Waals surface area contributed by atoms with Crippen molar-refractivity contribution in [1.82, 2.24) is 5.32 Å². The van der Waals surface area contributed by atoms with Crippen LogP contribution in [0.5, 0.6) is 5.75 Å². The highest BCUT2D eigenvalue weighted by Gasteiger charge is 2.55. The van der Waals surface area contributed by atoms with Gasteiger partial charge in [0.2, 0.25) is 0 Å². The third-order valence-corrected chi connectivity index (χ3v) is 6.52. The molecule has 0 radical (unpaired) electrons. The first-order chi connectivity index (χ1) is 11.7. The van der Waals surface area contributed by atoms with E-state index >= 15 is 0 Å². The summed E-state index contributed by atoms with van der Waals surface area (Å²) in [4.78, 5) is 12.9. The van der Waals surface area contributed by atoms with Crippen molar-refractivity contribution in [2.24, 2.45) is 17.8 Å². The van der Waals surface area contributed by atoms with E-state index in [0.29, 0.717) is 28.5 Å². The van der Waals surface area contributed by atoms with Crippen LogP contribution in [0.2, 0.25) is 5.02 Å². The predicted octanol–water partition coefficient (Wildman–Crippen LogP) is 3.55. The van der Waals surface area contributed by atoms with Gasteiger partial charge < -0.3 is 15.2 Å². The van der Waals surface area contributed by atoms with Crippen LogP contribution >= 0.6 is 11.6 Å². The quantitative estimate of drug-likeness (QED) is 0.860. The molecular formula is C20H26ClNO3. The number of benzene rings is 1. The Hall–Kier alpha value is -1.26. The Kier molecular flexibility index (Phi) is 4.04. The molecule has 0 aromatic heterocycles. The highest BCUT2D eigenvalue weighted by Crippen LogP contribution is 2.55. The van der Waals surface area contributed by atoms with Crippen LogP contribution in [0.3, 0.4) is 0 Å². The van der Waals surface area contributed by atoms with Crippen molar-refractivity contribution < 1.29 is 14.6 Å². The van der Waals surface area contributed by atoms with Gasteiger partial charge >= 0.3 is 0 Å². The van der Waals surface area contributed by atoms with Gasteiger partial charge in [-0.3, -0.25) is 4.79 Å². The van der Waals surface area contributed by atoms with Crippen molar-refractivity contribution in [3.05, 3.63) is 29.3 Å². The molecule has 0 spiro atoms. The molecule has 4 fully saturated rings. The number of aliphatic hydroxyl groups is 1. The summed E-state index contributed by atoms with van der Waals surface area (Å²) in [5.41, 5.74) is -1.44. The number of hydrogen-bond donors (Lipinski definition) is 2. The topological polar surface area (TPSA) is 58.6 Å². The number of amides is 1. The third kappa shape index (κ3) is 3.26. The van der Waals surface area contributed by atoms with Gasteiger partial charge in [0, 0.05) is 11.1 Å². The van der Waals surface area contributed by atoms with E-state index in [1.807, 2.05) is 0 Å². The van der Waals surface area contributed by atoms with Gasteiger partial charge in [0.05, 0.1) is 5.60 Å². The van der Waals surface area contributed by atoms with Crippen molar-refractivity contribution in [3.63, 3.8) is 0 Å². The molecule has 4 aliphatic rings. The van der Waals surface area contributed by atoms with Gasteiger partial charge in [-0.25, -0.2) is 0 Å². The van der Waals surface area contributed by atoms with E-state index < -0.39 is 11.2 Å². The second-order valence-electron chi connectivity index (χ2n) is 8.76. The van der Waals surface area contributed by atoms with Crippen LogP contribution in [0.15, 0.2) is 24.3 Å². The molecule has 2 atom stereocenters. The van der Waals surface area contributed by atoms with Crippen LogP contribution in [-0.4, -0.2) is 28.3 Å². The van der Waals surface area contributed by atoms with Gasteiger partial charge in [-0.15, -0.1) is 0 Å². The maximum atomic E-state index is 12.9. The summed E-state index contributed by atoms with van der Waals surface area (Å²) < 4.78 is 5.91. The zero-order valence-electron chi connectivity index (χ0n) is 14.8. The minimum absolute atomic E-state index is 0.0908. The second kappa shape index (κ2) is 5.88. The molecule has 2 N–H and O–H groups in total. The van der Waals surface area contributed by atoms with E-state index in [4.69, 9.17) is 16.3 Å². The predicted molar refractivity (Wildman–Crippen MR) is 96.6 cm³/mol. The van der Waals surface area contributed by atoms with Crippen molar-refractivity contribution in [3.8, 4) is 5.75 Å². The number of halogens is 1. The highest BCUT2D eigenvalue weighted by atomic mass is 35.5. The molecule has 4 aliphatic carbocycles. The van der Waals surface area contributed by atoms with Gasteiger partial charge in [-0.05, 0) is 88.0 Å².